The number of nitrogens with zero attached hydrogens (tertiary/aromatic N) is 1. The Kier molecular flexibility index (Phi) is 7.92. The molecular formula is C16H34N2. The van der Waals surface area contributed by atoms with Gasteiger partial charge in [-0.3, -0.25) is 0 Å². The van der Waals surface area contributed by atoms with Gasteiger partial charge in [0.2, 0.25) is 0 Å². The normalized spacial score (nSPS) is 23.5. The molecule has 108 valence electrons. The van der Waals surface area contributed by atoms with Crippen molar-refractivity contribution in [2.75, 3.05) is 26.2 Å². The van der Waals surface area contributed by atoms with Crippen molar-refractivity contribution in [3.63, 3.8) is 0 Å². The molecule has 0 saturated carbocycles. The number of nitrogens with one attached hydrogen (secondary N) is 1. The van der Waals surface area contributed by atoms with Gasteiger partial charge in [-0.15, -0.1) is 0 Å². The van der Waals surface area contributed by atoms with Crippen LogP contribution in [0.25, 0.3) is 0 Å². The fourth-order valence-corrected chi connectivity index (χ4v) is 2.93. The quantitative estimate of drug-likeness (QED) is 0.667. The van der Waals surface area contributed by atoms with E-state index in [-0.39, 0.29) is 0 Å². The molecular weight excluding hydrogens is 220 g/mol. The van der Waals surface area contributed by atoms with Gasteiger partial charge in [-0.1, -0.05) is 27.2 Å². The molecule has 2 atom stereocenters. The molecule has 0 radical (unpaired) electrons. The van der Waals surface area contributed by atoms with Crippen LogP contribution in [0.4, 0.5) is 0 Å². The average Bonchev–Trinajstić information content (AvgIpc) is 2.37. The summed E-state index contributed by atoms with van der Waals surface area (Å²) < 4.78 is 0. The van der Waals surface area contributed by atoms with Crippen LogP contribution >= 0.6 is 0 Å². The Morgan fingerprint density at radius 1 is 1.28 bits per heavy atom. The van der Waals surface area contributed by atoms with Crippen LogP contribution in [0.3, 0.4) is 0 Å². The minimum atomic E-state index is 0.773. The van der Waals surface area contributed by atoms with E-state index in [1.807, 2.05) is 0 Å². The second-order valence-corrected chi connectivity index (χ2v) is 6.50. The van der Waals surface area contributed by atoms with E-state index in [1.54, 1.807) is 0 Å². The number of hydrogen-bond acceptors (Lipinski definition) is 2. The molecule has 2 unspecified atom stereocenters. The third-order valence-corrected chi connectivity index (χ3v) is 4.28. The maximum absolute atomic E-state index is 3.54. The standard InChI is InChI=1S/C16H34N2/c1-5-16-9-7-11-18(13-16)15(4)8-6-10-17-12-14(2)3/h14-17H,5-13H2,1-4H3. The van der Waals surface area contributed by atoms with E-state index < -0.39 is 0 Å². The topological polar surface area (TPSA) is 15.3 Å². The fourth-order valence-electron chi connectivity index (χ4n) is 2.93. The molecule has 1 heterocycles. The molecule has 1 rings (SSSR count). The monoisotopic (exact) mass is 254 g/mol. The average molecular weight is 254 g/mol. The second kappa shape index (κ2) is 8.92. The van der Waals surface area contributed by atoms with E-state index in [2.05, 4.69) is 37.9 Å². The number of piperidine rings is 1. The van der Waals surface area contributed by atoms with Crippen LogP contribution in [0.5, 0.6) is 0 Å². The van der Waals surface area contributed by atoms with Gasteiger partial charge in [0.25, 0.3) is 0 Å². The molecule has 0 spiro atoms. The highest BCUT2D eigenvalue weighted by Gasteiger charge is 2.21. The van der Waals surface area contributed by atoms with Crippen molar-refractivity contribution in [1.29, 1.82) is 0 Å². The van der Waals surface area contributed by atoms with Crippen LogP contribution < -0.4 is 5.32 Å². The van der Waals surface area contributed by atoms with Gasteiger partial charge in [-0.05, 0) is 64.1 Å². The third-order valence-electron chi connectivity index (χ3n) is 4.28. The summed E-state index contributed by atoms with van der Waals surface area (Å²) in [6, 6.07) is 0.778. The number of likely N-dealkylation sites (tertiary alicyclic amines) is 1. The van der Waals surface area contributed by atoms with Gasteiger partial charge in [-0.25, -0.2) is 0 Å². The summed E-state index contributed by atoms with van der Waals surface area (Å²) >= 11 is 0. The van der Waals surface area contributed by atoms with E-state index in [4.69, 9.17) is 0 Å². The Bertz CT molecular complexity index is 203. The summed E-state index contributed by atoms with van der Waals surface area (Å²) in [5, 5.41) is 3.54. The lowest BCUT2D eigenvalue weighted by molar-refractivity contribution is 0.123. The lowest BCUT2D eigenvalue weighted by Gasteiger charge is -2.36. The molecule has 0 aromatic rings. The Morgan fingerprint density at radius 3 is 2.72 bits per heavy atom. The summed E-state index contributed by atoms with van der Waals surface area (Å²) in [7, 11) is 0. The third kappa shape index (κ3) is 6.19. The number of hydrogen-bond donors (Lipinski definition) is 1. The lowest BCUT2D eigenvalue weighted by Crippen LogP contribution is -2.41. The van der Waals surface area contributed by atoms with Gasteiger partial charge in [0.05, 0.1) is 0 Å². The van der Waals surface area contributed by atoms with Crippen LogP contribution in [-0.2, 0) is 0 Å². The molecule has 0 amide bonds. The molecule has 2 heteroatoms. The predicted octanol–water partition coefficient (Wildman–Crippen LogP) is 3.52. The van der Waals surface area contributed by atoms with Gasteiger partial charge in [-0.2, -0.15) is 0 Å². The van der Waals surface area contributed by atoms with Gasteiger partial charge < -0.3 is 10.2 Å². The molecule has 0 bridgehead atoms. The second-order valence-electron chi connectivity index (χ2n) is 6.50. The highest BCUT2D eigenvalue weighted by molar-refractivity contribution is 4.76. The van der Waals surface area contributed by atoms with Crippen molar-refractivity contribution in [1.82, 2.24) is 10.2 Å². The zero-order chi connectivity index (χ0) is 13.4. The van der Waals surface area contributed by atoms with E-state index >= 15 is 0 Å². The molecule has 2 nitrogen and oxygen atoms in total. The smallest absolute Gasteiger partial charge is 0.00675 e. The largest absolute Gasteiger partial charge is 0.316 e. The Labute approximate surface area is 115 Å². The van der Waals surface area contributed by atoms with E-state index in [9.17, 15) is 0 Å². The lowest BCUT2D eigenvalue weighted by atomic mass is 9.94. The molecule has 0 aliphatic carbocycles. The van der Waals surface area contributed by atoms with Crippen LogP contribution in [0.15, 0.2) is 0 Å². The Balaban J connectivity index is 2.10. The van der Waals surface area contributed by atoms with E-state index in [0.29, 0.717) is 0 Å². The first-order chi connectivity index (χ1) is 8.63. The number of rotatable bonds is 8. The van der Waals surface area contributed by atoms with Gasteiger partial charge in [0.15, 0.2) is 0 Å². The zero-order valence-corrected chi connectivity index (χ0v) is 13.0. The van der Waals surface area contributed by atoms with Crippen molar-refractivity contribution >= 4 is 0 Å². The van der Waals surface area contributed by atoms with Crippen molar-refractivity contribution in [3.8, 4) is 0 Å². The van der Waals surface area contributed by atoms with Gasteiger partial charge in [0, 0.05) is 12.6 Å². The molecule has 18 heavy (non-hydrogen) atoms. The molecule has 1 fully saturated rings. The molecule has 0 aromatic heterocycles. The maximum Gasteiger partial charge on any atom is 0.00675 e. The van der Waals surface area contributed by atoms with Crippen LogP contribution in [0.2, 0.25) is 0 Å². The highest BCUT2D eigenvalue weighted by atomic mass is 15.2. The van der Waals surface area contributed by atoms with Gasteiger partial charge >= 0.3 is 0 Å². The SMILES string of the molecule is CCC1CCCN(C(C)CCCNCC(C)C)C1. The van der Waals surface area contributed by atoms with Crippen molar-refractivity contribution in [3.05, 3.63) is 0 Å². The molecule has 1 saturated heterocycles. The van der Waals surface area contributed by atoms with Crippen molar-refractivity contribution in [2.24, 2.45) is 11.8 Å². The zero-order valence-electron chi connectivity index (χ0n) is 13.0. The van der Waals surface area contributed by atoms with Gasteiger partial charge in [0.1, 0.15) is 0 Å². The molecule has 0 aromatic carbocycles. The summed E-state index contributed by atoms with van der Waals surface area (Å²) in [5.41, 5.74) is 0. The first-order valence-electron chi connectivity index (χ1n) is 8.08. The van der Waals surface area contributed by atoms with Crippen LogP contribution in [0, 0.1) is 11.8 Å². The first kappa shape index (κ1) is 16.0. The van der Waals surface area contributed by atoms with Crippen molar-refractivity contribution < 1.29 is 0 Å². The van der Waals surface area contributed by atoms with Crippen LogP contribution in [0.1, 0.15) is 59.8 Å². The molecule has 1 aliphatic rings. The fraction of sp³-hybridized carbons (Fsp3) is 1.00. The highest BCUT2D eigenvalue weighted by Crippen LogP contribution is 2.22. The minimum Gasteiger partial charge on any atom is -0.316 e. The molecule has 1 aliphatic heterocycles. The Morgan fingerprint density at radius 2 is 2.06 bits per heavy atom. The minimum absolute atomic E-state index is 0.773. The maximum atomic E-state index is 3.54. The molecule has 1 N–H and O–H groups in total. The predicted molar refractivity (Wildman–Crippen MR) is 81.0 cm³/mol. The summed E-state index contributed by atoms with van der Waals surface area (Å²) in [6.07, 6.45) is 6.89. The summed E-state index contributed by atoms with van der Waals surface area (Å²) in [5.74, 6) is 1.73. The first-order valence-corrected chi connectivity index (χ1v) is 8.08. The van der Waals surface area contributed by atoms with Crippen molar-refractivity contribution in [2.45, 2.75) is 65.8 Å². The summed E-state index contributed by atoms with van der Waals surface area (Å²) in [4.78, 5) is 2.72. The summed E-state index contributed by atoms with van der Waals surface area (Å²) in [6.45, 7) is 14.3. The van der Waals surface area contributed by atoms with E-state index in [0.717, 1.165) is 24.4 Å². The van der Waals surface area contributed by atoms with E-state index in [1.165, 1.54) is 51.7 Å². The Hall–Kier alpha value is -0.0800. The van der Waals surface area contributed by atoms with Crippen LogP contribution in [-0.4, -0.2) is 37.1 Å².